The van der Waals surface area contributed by atoms with Crippen LogP contribution in [0.1, 0.15) is 76.9 Å². The lowest BCUT2D eigenvalue weighted by Crippen LogP contribution is -2.52. The van der Waals surface area contributed by atoms with E-state index in [1.807, 2.05) is 0 Å². The summed E-state index contributed by atoms with van der Waals surface area (Å²) in [4.78, 5) is 19.0. The zero-order valence-corrected chi connectivity index (χ0v) is 24.5. The van der Waals surface area contributed by atoms with Crippen LogP contribution in [0.15, 0.2) is 35.2 Å². The highest BCUT2D eigenvalue weighted by Crippen LogP contribution is 2.41. The molecule has 1 saturated carbocycles. The smallest absolute Gasteiger partial charge is 0.194 e. The van der Waals surface area contributed by atoms with Gasteiger partial charge in [-0.1, -0.05) is 26.8 Å². The van der Waals surface area contributed by atoms with E-state index in [1.54, 1.807) is 0 Å². The number of nitrogen functional groups attached to an aromatic ring is 1. The van der Waals surface area contributed by atoms with Gasteiger partial charge in [-0.3, -0.25) is 4.90 Å². The van der Waals surface area contributed by atoms with E-state index in [9.17, 15) is 10.2 Å². The summed E-state index contributed by atoms with van der Waals surface area (Å²) < 4.78 is 11.8. The third-order valence-corrected chi connectivity index (χ3v) is 9.00. The fraction of sp³-hybridized carbons (Fsp3) is 0.581. The van der Waals surface area contributed by atoms with E-state index in [2.05, 4.69) is 72.7 Å². The zero-order valence-electron chi connectivity index (χ0n) is 24.5. The van der Waals surface area contributed by atoms with E-state index < -0.39 is 24.4 Å². The van der Waals surface area contributed by atoms with Crippen LogP contribution >= 0.6 is 0 Å². The van der Waals surface area contributed by atoms with Gasteiger partial charge in [0.2, 0.25) is 0 Å². The Morgan fingerprint density at radius 3 is 2.66 bits per heavy atom. The monoisotopic (exact) mass is 562 g/mol. The van der Waals surface area contributed by atoms with Gasteiger partial charge in [-0.05, 0) is 62.1 Å². The molecule has 0 amide bonds. The number of hydrogen-bond donors (Lipinski definition) is 4. The van der Waals surface area contributed by atoms with Crippen LogP contribution in [-0.2, 0) is 16.6 Å². The van der Waals surface area contributed by atoms with Crippen molar-refractivity contribution < 1.29 is 19.4 Å². The molecule has 10 heteroatoms. The maximum Gasteiger partial charge on any atom is 0.194 e. The molecule has 41 heavy (non-hydrogen) atoms. The van der Waals surface area contributed by atoms with Gasteiger partial charge < -0.3 is 30.1 Å². The average Bonchev–Trinajstić information content (AvgIpc) is 3.58. The van der Waals surface area contributed by atoms with E-state index in [0.29, 0.717) is 35.2 Å². The predicted octanol–water partition coefficient (Wildman–Crippen LogP) is 4.26. The molecule has 10 nitrogen and oxygen atoms in total. The molecular weight excluding hydrogens is 520 g/mol. The van der Waals surface area contributed by atoms with Gasteiger partial charge in [0.05, 0.1) is 23.4 Å². The lowest BCUT2D eigenvalue weighted by molar-refractivity contribution is -0.0434. The summed E-state index contributed by atoms with van der Waals surface area (Å²) in [5.41, 5.74) is 10.9. The van der Waals surface area contributed by atoms with Crippen LogP contribution in [0.5, 0.6) is 0 Å². The minimum atomic E-state index is -1.09. The van der Waals surface area contributed by atoms with Crippen molar-refractivity contribution in [1.82, 2.24) is 24.8 Å². The number of aliphatic hydroxyl groups excluding tert-OH is 2. The Balaban J connectivity index is 1.06. The minimum Gasteiger partial charge on any atom is -0.458 e. The molecule has 5 N–H and O–H groups in total. The third kappa shape index (κ3) is 5.34. The second-order valence-corrected chi connectivity index (χ2v) is 13.2. The van der Waals surface area contributed by atoms with Crippen molar-refractivity contribution in [2.45, 2.75) is 102 Å². The largest absolute Gasteiger partial charge is 0.458 e. The molecule has 1 aliphatic heterocycles. The van der Waals surface area contributed by atoms with E-state index in [4.69, 9.17) is 19.9 Å². The summed E-state index contributed by atoms with van der Waals surface area (Å²) in [5, 5.41) is 21.8. The number of fused-ring (bicyclic) bond motifs is 2. The number of rotatable bonds is 8. The number of aromatic amines is 1. The number of aliphatic hydroxyl groups is 2. The van der Waals surface area contributed by atoms with Gasteiger partial charge in [0, 0.05) is 30.6 Å². The van der Waals surface area contributed by atoms with Gasteiger partial charge in [-0.2, -0.15) is 0 Å². The molecule has 2 fully saturated rings. The number of imidazole rings is 1. The van der Waals surface area contributed by atoms with E-state index >= 15 is 0 Å². The highest BCUT2D eigenvalue weighted by Gasteiger charge is 2.47. The van der Waals surface area contributed by atoms with Gasteiger partial charge in [0.1, 0.15) is 36.0 Å². The molecule has 1 saturated heterocycles. The number of aromatic nitrogens is 4. The van der Waals surface area contributed by atoms with Crippen molar-refractivity contribution in [3.05, 3.63) is 47.7 Å². The molecule has 0 bridgehead atoms. The first kappa shape index (κ1) is 28.1. The quantitative estimate of drug-likeness (QED) is 0.247. The van der Waals surface area contributed by atoms with Crippen molar-refractivity contribution in [1.29, 1.82) is 0 Å². The molecule has 0 radical (unpaired) electrons. The Bertz CT molecular complexity index is 1520. The van der Waals surface area contributed by atoms with Crippen LogP contribution in [0.25, 0.3) is 22.1 Å². The number of hydrogen-bond acceptors (Lipinski definition) is 9. The average molecular weight is 563 g/mol. The molecule has 220 valence electrons. The number of nitrogens with one attached hydrogen (secondary N) is 1. The Kier molecular flexibility index (Phi) is 7.30. The molecular formula is C31H42N6O4. The lowest BCUT2D eigenvalue weighted by Gasteiger charge is -2.46. The molecule has 4 atom stereocenters. The number of aryl methyl sites for hydroxylation is 1. The lowest BCUT2D eigenvalue weighted by atomic mass is 9.76. The third-order valence-electron chi connectivity index (χ3n) is 9.00. The van der Waals surface area contributed by atoms with Gasteiger partial charge in [-0.15, -0.1) is 0 Å². The maximum absolute atomic E-state index is 10.9. The molecule has 4 heterocycles. The van der Waals surface area contributed by atoms with Gasteiger partial charge in [0.15, 0.2) is 11.4 Å². The van der Waals surface area contributed by atoms with E-state index in [1.165, 1.54) is 18.2 Å². The predicted molar refractivity (Wildman–Crippen MR) is 157 cm³/mol. The first-order chi connectivity index (χ1) is 19.5. The fourth-order valence-electron chi connectivity index (χ4n) is 6.43. The fourth-order valence-corrected chi connectivity index (χ4v) is 6.43. The van der Waals surface area contributed by atoms with E-state index in [-0.39, 0.29) is 17.3 Å². The van der Waals surface area contributed by atoms with Crippen LogP contribution in [0.2, 0.25) is 0 Å². The van der Waals surface area contributed by atoms with Crippen LogP contribution in [-0.4, -0.2) is 72.0 Å². The Labute approximate surface area is 240 Å². The number of ether oxygens (including phenoxy) is 1. The summed E-state index contributed by atoms with van der Waals surface area (Å²) >= 11 is 0. The second kappa shape index (κ2) is 10.7. The van der Waals surface area contributed by atoms with Crippen molar-refractivity contribution in [2.75, 3.05) is 12.3 Å². The molecule has 2 aliphatic rings. The number of H-pyrrole nitrogens is 1. The number of nitrogens with two attached hydrogens (primary N) is 1. The van der Waals surface area contributed by atoms with E-state index in [0.717, 1.165) is 42.5 Å². The maximum atomic E-state index is 10.9. The molecule has 3 aromatic heterocycles. The molecule has 6 rings (SSSR count). The van der Waals surface area contributed by atoms with Crippen molar-refractivity contribution in [2.24, 2.45) is 5.92 Å². The highest BCUT2D eigenvalue weighted by atomic mass is 16.5. The van der Waals surface area contributed by atoms with Gasteiger partial charge in [-0.25, -0.2) is 15.0 Å². The standard InChI is InChI=1S/C31H42N6O4/c1-16(2)37(13-23-26(38)27(39)28(41-23)20-14-40-29-25(20)33-15-34-30(29)32)19-10-17(11-19)6-9-24-35-21-8-7-18(31(3,4)5)12-22(21)36-24/h7-8,12,14-17,19,23,26-28,38-39H,6,9-11,13H2,1-5H3,(H,35,36)(H2,32,33,34). The summed E-state index contributed by atoms with van der Waals surface area (Å²) in [6.07, 6.45) is 3.67. The normalized spacial score (nSPS) is 27.0. The molecule has 4 aromatic rings. The molecule has 1 aliphatic carbocycles. The first-order valence-electron chi connectivity index (χ1n) is 14.7. The molecule has 0 spiro atoms. The van der Waals surface area contributed by atoms with Crippen molar-refractivity contribution in [3.63, 3.8) is 0 Å². The van der Waals surface area contributed by atoms with Crippen LogP contribution in [0.3, 0.4) is 0 Å². The summed E-state index contributed by atoms with van der Waals surface area (Å²) in [5.74, 6) is 1.91. The van der Waals surface area contributed by atoms with Gasteiger partial charge >= 0.3 is 0 Å². The van der Waals surface area contributed by atoms with Crippen LogP contribution in [0.4, 0.5) is 5.82 Å². The van der Waals surface area contributed by atoms with Crippen LogP contribution < -0.4 is 5.73 Å². The molecule has 4 unspecified atom stereocenters. The summed E-state index contributed by atoms with van der Waals surface area (Å²) in [6, 6.07) is 7.23. The van der Waals surface area contributed by atoms with Gasteiger partial charge in [0.25, 0.3) is 0 Å². The summed E-state index contributed by atoms with van der Waals surface area (Å²) in [7, 11) is 0. The highest BCUT2D eigenvalue weighted by molar-refractivity contribution is 5.85. The Hall–Kier alpha value is -3.05. The Morgan fingerprint density at radius 1 is 1.15 bits per heavy atom. The number of anilines is 1. The second-order valence-electron chi connectivity index (χ2n) is 13.2. The van der Waals surface area contributed by atoms with Crippen molar-refractivity contribution in [3.8, 4) is 0 Å². The van der Waals surface area contributed by atoms with Crippen LogP contribution in [0, 0.1) is 5.92 Å². The summed E-state index contributed by atoms with van der Waals surface area (Å²) in [6.45, 7) is 11.6. The zero-order chi connectivity index (χ0) is 29.1. The molecule has 1 aromatic carbocycles. The van der Waals surface area contributed by atoms with Crippen molar-refractivity contribution >= 4 is 28.0 Å². The first-order valence-corrected chi connectivity index (χ1v) is 14.7. The topological polar surface area (TPSA) is 147 Å². The number of benzene rings is 1. The minimum absolute atomic E-state index is 0.103. The number of furan rings is 1. The Morgan fingerprint density at radius 2 is 1.93 bits per heavy atom. The SMILES string of the molecule is CC(C)N(CC1OC(c2coc3c(N)ncnc23)C(O)C1O)C1CC(CCc2nc3cc(C(C)(C)C)ccc3[nH]2)C1. The number of nitrogens with zero attached hydrogens (tertiary/aromatic N) is 4.